The Morgan fingerprint density at radius 1 is 0.800 bits per heavy atom. The van der Waals surface area contributed by atoms with Crippen molar-refractivity contribution in [2.24, 2.45) is 0 Å². The molecule has 8 nitrogen and oxygen atoms in total. The van der Waals surface area contributed by atoms with Crippen molar-refractivity contribution in [3.8, 4) is 28.9 Å². The molecule has 0 aliphatic heterocycles. The monoisotopic (exact) mass is 415 g/mol. The van der Waals surface area contributed by atoms with E-state index in [1.165, 1.54) is 0 Å². The Hall–Kier alpha value is -3.29. The average molecular weight is 415 g/mol. The highest BCUT2D eigenvalue weighted by Crippen LogP contribution is 2.48. The minimum atomic E-state index is 0.126. The maximum Gasteiger partial charge on any atom is 0.244 e. The Morgan fingerprint density at radius 3 is 2.03 bits per heavy atom. The summed E-state index contributed by atoms with van der Waals surface area (Å²) in [5.41, 5.74) is 2.43. The van der Waals surface area contributed by atoms with Gasteiger partial charge in [0.05, 0.1) is 32.3 Å². The lowest BCUT2D eigenvalue weighted by molar-refractivity contribution is 0.251. The van der Waals surface area contributed by atoms with Gasteiger partial charge in [-0.05, 0) is 52.0 Å². The smallest absolute Gasteiger partial charge is 0.244 e. The zero-order valence-corrected chi connectivity index (χ0v) is 18.4. The van der Waals surface area contributed by atoms with Crippen molar-refractivity contribution in [1.82, 2.24) is 15.4 Å². The number of fused-ring (bicyclic) bond motifs is 1. The highest BCUT2D eigenvalue weighted by molar-refractivity contribution is 5.82. The van der Waals surface area contributed by atoms with Crippen LogP contribution in [-0.2, 0) is 0 Å². The van der Waals surface area contributed by atoms with E-state index in [-0.39, 0.29) is 5.75 Å². The maximum absolute atomic E-state index is 10.1. The number of nitrogens with zero attached hydrogens (tertiary/aromatic N) is 3. The predicted octanol–water partition coefficient (Wildman–Crippen LogP) is 4.24. The Bertz CT molecular complexity index is 940. The van der Waals surface area contributed by atoms with Crippen molar-refractivity contribution in [3.63, 3.8) is 0 Å². The molecule has 3 rings (SSSR count). The molecule has 0 saturated carbocycles. The fourth-order valence-corrected chi connectivity index (χ4v) is 2.83. The van der Waals surface area contributed by atoms with Crippen LogP contribution >= 0.6 is 0 Å². The number of phenols is 1. The number of aromatic hydroxyl groups is 1. The van der Waals surface area contributed by atoms with Gasteiger partial charge in [-0.3, -0.25) is 0 Å². The van der Waals surface area contributed by atoms with Gasteiger partial charge in [-0.1, -0.05) is 17.2 Å². The molecule has 1 aromatic heterocycles. The number of benzene rings is 2. The van der Waals surface area contributed by atoms with E-state index in [4.69, 9.17) is 18.9 Å². The third kappa shape index (κ3) is 5.00. The van der Waals surface area contributed by atoms with Crippen molar-refractivity contribution in [2.75, 3.05) is 26.9 Å². The van der Waals surface area contributed by atoms with Crippen molar-refractivity contribution < 1.29 is 24.1 Å². The molecule has 0 bridgehead atoms. The van der Waals surface area contributed by atoms with Gasteiger partial charge in [0, 0.05) is 11.1 Å². The molecule has 0 saturated heterocycles. The molecule has 0 radical (unpaired) electrons. The molecular weight excluding hydrogens is 386 g/mol. The second-order valence-corrected chi connectivity index (χ2v) is 6.20. The Morgan fingerprint density at radius 2 is 1.40 bits per heavy atom. The van der Waals surface area contributed by atoms with Crippen LogP contribution in [0, 0.1) is 13.8 Å². The molecule has 0 aliphatic carbocycles. The van der Waals surface area contributed by atoms with E-state index in [0.717, 1.165) is 22.0 Å². The van der Waals surface area contributed by atoms with E-state index in [2.05, 4.69) is 15.4 Å². The topological polar surface area (TPSA) is 95.8 Å². The van der Waals surface area contributed by atoms with Crippen LogP contribution in [0.3, 0.4) is 0 Å². The molecule has 2 aromatic carbocycles. The van der Waals surface area contributed by atoms with Gasteiger partial charge in [0.2, 0.25) is 17.4 Å². The zero-order chi connectivity index (χ0) is 22.1. The van der Waals surface area contributed by atoms with E-state index < -0.39 is 0 Å². The second kappa shape index (κ2) is 11.0. The van der Waals surface area contributed by atoms with Gasteiger partial charge in [0.15, 0.2) is 11.5 Å². The molecule has 162 valence electrons. The lowest BCUT2D eigenvalue weighted by Crippen LogP contribution is -2.05. The van der Waals surface area contributed by atoms with Crippen LogP contribution in [0.4, 0.5) is 0 Å². The SMILES string of the molecule is CCOc1c(C)c(C)c(O)c(OCC)c1OCC.COc1nnnc2ccccc12. The summed E-state index contributed by atoms with van der Waals surface area (Å²) in [4.78, 5) is 0. The molecule has 0 unspecified atom stereocenters. The van der Waals surface area contributed by atoms with Gasteiger partial charge in [0.1, 0.15) is 5.52 Å². The van der Waals surface area contributed by atoms with Crippen LogP contribution < -0.4 is 18.9 Å². The molecule has 30 heavy (non-hydrogen) atoms. The molecule has 1 heterocycles. The summed E-state index contributed by atoms with van der Waals surface area (Å²) in [7, 11) is 1.57. The summed E-state index contributed by atoms with van der Waals surface area (Å²) in [6.45, 7) is 10.9. The molecule has 3 aromatic rings. The number of methoxy groups -OCH3 is 1. The van der Waals surface area contributed by atoms with Gasteiger partial charge in [0.25, 0.3) is 0 Å². The fourth-order valence-electron chi connectivity index (χ4n) is 2.83. The standard InChI is InChI=1S/C14H22O4.C8H7N3O/c1-6-16-12-10(5)9(4)11(15)13(17-7-2)14(12)18-8-3;1-12-8-6-4-2-3-5-7(6)9-11-10-8/h15H,6-8H2,1-5H3;2-5H,1H3. The predicted molar refractivity (Wildman–Crippen MR) is 115 cm³/mol. The Kier molecular flexibility index (Phi) is 8.46. The molecule has 0 spiro atoms. The van der Waals surface area contributed by atoms with E-state index in [9.17, 15) is 5.11 Å². The molecule has 0 fully saturated rings. The van der Waals surface area contributed by atoms with Crippen LogP contribution in [0.15, 0.2) is 24.3 Å². The molecule has 8 heteroatoms. The van der Waals surface area contributed by atoms with Gasteiger partial charge < -0.3 is 24.1 Å². The lowest BCUT2D eigenvalue weighted by Gasteiger charge is -2.20. The first-order valence-corrected chi connectivity index (χ1v) is 9.86. The molecular formula is C22H29N3O5. The largest absolute Gasteiger partial charge is 0.504 e. The van der Waals surface area contributed by atoms with Crippen molar-refractivity contribution in [2.45, 2.75) is 34.6 Å². The summed E-state index contributed by atoms with van der Waals surface area (Å²) in [5.74, 6) is 2.15. The Labute approximate surface area is 176 Å². The van der Waals surface area contributed by atoms with Crippen LogP contribution in [0.1, 0.15) is 31.9 Å². The zero-order valence-electron chi connectivity index (χ0n) is 18.4. The van der Waals surface area contributed by atoms with Crippen molar-refractivity contribution >= 4 is 10.9 Å². The third-order valence-electron chi connectivity index (χ3n) is 4.37. The van der Waals surface area contributed by atoms with Gasteiger partial charge in [-0.2, -0.15) is 0 Å². The summed E-state index contributed by atoms with van der Waals surface area (Å²) < 4.78 is 21.7. The highest BCUT2D eigenvalue weighted by atomic mass is 16.5. The first-order chi connectivity index (χ1) is 14.5. The first kappa shape index (κ1) is 23.0. The van der Waals surface area contributed by atoms with E-state index in [1.54, 1.807) is 7.11 Å². The summed E-state index contributed by atoms with van der Waals surface area (Å²) in [5, 5.41) is 22.2. The second-order valence-electron chi connectivity index (χ2n) is 6.20. The summed E-state index contributed by atoms with van der Waals surface area (Å²) >= 11 is 0. The minimum absolute atomic E-state index is 0.126. The quantitative estimate of drug-likeness (QED) is 0.612. The average Bonchev–Trinajstić information content (AvgIpc) is 2.77. The fraction of sp³-hybridized carbons (Fsp3) is 0.409. The molecule has 0 atom stereocenters. The molecule has 1 N–H and O–H groups in total. The van der Waals surface area contributed by atoms with Gasteiger partial charge in [-0.25, -0.2) is 0 Å². The normalized spacial score (nSPS) is 10.2. The number of hydrogen-bond donors (Lipinski definition) is 1. The van der Waals surface area contributed by atoms with Crippen LogP contribution in [0.5, 0.6) is 28.9 Å². The van der Waals surface area contributed by atoms with Crippen LogP contribution in [0.2, 0.25) is 0 Å². The van der Waals surface area contributed by atoms with Crippen molar-refractivity contribution in [1.29, 1.82) is 0 Å². The Balaban J connectivity index is 0.000000230. The minimum Gasteiger partial charge on any atom is -0.504 e. The number of aromatic nitrogens is 3. The molecule has 0 amide bonds. The van der Waals surface area contributed by atoms with E-state index >= 15 is 0 Å². The highest BCUT2D eigenvalue weighted by Gasteiger charge is 2.23. The van der Waals surface area contributed by atoms with Crippen LogP contribution in [-0.4, -0.2) is 47.4 Å². The van der Waals surface area contributed by atoms with Gasteiger partial charge in [-0.15, -0.1) is 5.10 Å². The first-order valence-electron chi connectivity index (χ1n) is 9.86. The summed E-state index contributed by atoms with van der Waals surface area (Å²) in [6.07, 6.45) is 0. The lowest BCUT2D eigenvalue weighted by atomic mass is 10.1. The van der Waals surface area contributed by atoms with E-state index in [0.29, 0.717) is 42.9 Å². The van der Waals surface area contributed by atoms with Gasteiger partial charge >= 0.3 is 0 Å². The third-order valence-corrected chi connectivity index (χ3v) is 4.37. The summed E-state index contributed by atoms with van der Waals surface area (Å²) in [6, 6.07) is 7.58. The molecule has 0 aliphatic rings. The van der Waals surface area contributed by atoms with Crippen LogP contribution in [0.25, 0.3) is 10.9 Å². The number of phenolic OH excluding ortho intramolecular Hbond substituents is 1. The van der Waals surface area contributed by atoms with Crippen molar-refractivity contribution in [3.05, 3.63) is 35.4 Å². The number of rotatable bonds is 7. The maximum atomic E-state index is 10.1. The van der Waals surface area contributed by atoms with E-state index in [1.807, 2.05) is 58.9 Å². The number of hydrogen-bond acceptors (Lipinski definition) is 8. The number of ether oxygens (including phenoxy) is 4.